The maximum absolute atomic E-state index is 12.7. The van der Waals surface area contributed by atoms with Crippen molar-refractivity contribution in [2.75, 3.05) is 25.0 Å². The van der Waals surface area contributed by atoms with Gasteiger partial charge in [-0.25, -0.2) is 0 Å². The highest BCUT2D eigenvalue weighted by Gasteiger charge is 2.22. The molecule has 1 unspecified atom stereocenters. The molecule has 24 heavy (non-hydrogen) atoms. The maximum Gasteiger partial charge on any atom is 0.265 e. The molecule has 1 fully saturated rings. The lowest BCUT2D eigenvalue weighted by atomic mass is 10.1. The van der Waals surface area contributed by atoms with E-state index in [4.69, 9.17) is 11.6 Å². The number of hydrogen-bond donors (Lipinski definition) is 2. The molecule has 0 aliphatic carbocycles. The molecule has 1 aliphatic heterocycles. The standard InChI is InChI=1S/C17H18ClN3O2S/c1-11-10-21(7-6-19-11)17(23)12-4-5-13(18)14(9-12)20-16(22)15-3-2-8-24-15/h2-5,8-9,11,19H,6-7,10H2,1H3,(H,20,22). The van der Waals surface area contributed by atoms with Crippen molar-refractivity contribution < 1.29 is 9.59 Å². The van der Waals surface area contributed by atoms with E-state index >= 15 is 0 Å². The Kier molecular flexibility index (Phi) is 5.18. The van der Waals surface area contributed by atoms with Crippen LogP contribution >= 0.6 is 22.9 Å². The van der Waals surface area contributed by atoms with Crippen LogP contribution in [0.4, 0.5) is 5.69 Å². The monoisotopic (exact) mass is 363 g/mol. The fourth-order valence-electron chi connectivity index (χ4n) is 2.65. The number of hydrogen-bond acceptors (Lipinski definition) is 4. The normalized spacial score (nSPS) is 17.6. The molecule has 5 nitrogen and oxygen atoms in total. The third-order valence-electron chi connectivity index (χ3n) is 3.86. The second-order valence-electron chi connectivity index (χ2n) is 5.73. The second kappa shape index (κ2) is 7.34. The van der Waals surface area contributed by atoms with E-state index in [1.807, 2.05) is 23.3 Å². The van der Waals surface area contributed by atoms with Crippen molar-refractivity contribution in [3.8, 4) is 0 Å². The van der Waals surface area contributed by atoms with Crippen molar-refractivity contribution in [2.45, 2.75) is 13.0 Å². The summed E-state index contributed by atoms with van der Waals surface area (Å²) < 4.78 is 0. The molecule has 2 amide bonds. The predicted octanol–water partition coefficient (Wildman–Crippen LogP) is 3.09. The fourth-order valence-corrected chi connectivity index (χ4v) is 3.43. The van der Waals surface area contributed by atoms with Gasteiger partial charge in [0.15, 0.2) is 0 Å². The van der Waals surface area contributed by atoms with Crippen LogP contribution in [0.5, 0.6) is 0 Å². The van der Waals surface area contributed by atoms with Crippen LogP contribution in [0.3, 0.4) is 0 Å². The van der Waals surface area contributed by atoms with Gasteiger partial charge in [0.05, 0.1) is 15.6 Å². The van der Waals surface area contributed by atoms with Gasteiger partial charge in [-0.3, -0.25) is 9.59 Å². The molecule has 1 aromatic carbocycles. The largest absolute Gasteiger partial charge is 0.336 e. The van der Waals surface area contributed by atoms with Gasteiger partial charge in [0.1, 0.15) is 0 Å². The summed E-state index contributed by atoms with van der Waals surface area (Å²) in [6.45, 7) is 4.16. The molecule has 2 heterocycles. The first kappa shape index (κ1) is 17.0. The van der Waals surface area contributed by atoms with Gasteiger partial charge in [-0.05, 0) is 36.6 Å². The third kappa shape index (κ3) is 3.77. The van der Waals surface area contributed by atoms with Gasteiger partial charge in [-0.15, -0.1) is 11.3 Å². The molecule has 2 N–H and O–H groups in total. The highest BCUT2D eigenvalue weighted by atomic mass is 35.5. The number of halogens is 1. The van der Waals surface area contributed by atoms with Gasteiger partial charge in [-0.2, -0.15) is 0 Å². The molecular formula is C17H18ClN3O2S. The van der Waals surface area contributed by atoms with Crippen LogP contribution in [-0.2, 0) is 0 Å². The van der Waals surface area contributed by atoms with Crippen LogP contribution in [-0.4, -0.2) is 42.4 Å². The van der Waals surface area contributed by atoms with Gasteiger partial charge < -0.3 is 15.5 Å². The molecular weight excluding hydrogens is 346 g/mol. The Morgan fingerprint density at radius 2 is 2.21 bits per heavy atom. The van der Waals surface area contributed by atoms with Crippen LogP contribution < -0.4 is 10.6 Å². The third-order valence-corrected chi connectivity index (χ3v) is 5.06. The van der Waals surface area contributed by atoms with Crippen LogP contribution in [0.1, 0.15) is 27.0 Å². The van der Waals surface area contributed by atoms with Crippen LogP contribution in [0.2, 0.25) is 5.02 Å². The summed E-state index contributed by atoms with van der Waals surface area (Å²) in [7, 11) is 0. The zero-order valence-corrected chi connectivity index (χ0v) is 14.8. The lowest BCUT2D eigenvalue weighted by Crippen LogP contribution is -2.51. The first-order valence-electron chi connectivity index (χ1n) is 7.71. The Morgan fingerprint density at radius 3 is 2.92 bits per heavy atom. The number of carbonyl (C=O) groups is 2. The number of piperazine rings is 1. The van der Waals surface area contributed by atoms with E-state index in [0.717, 1.165) is 6.54 Å². The summed E-state index contributed by atoms with van der Waals surface area (Å²) in [5, 5.41) is 8.33. The summed E-state index contributed by atoms with van der Waals surface area (Å²) in [6, 6.07) is 8.80. The molecule has 7 heteroatoms. The minimum Gasteiger partial charge on any atom is -0.336 e. The summed E-state index contributed by atoms with van der Waals surface area (Å²) >= 11 is 7.52. The summed E-state index contributed by atoms with van der Waals surface area (Å²) in [4.78, 5) is 27.3. The van der Waals surface area contributed by atoms with Crippen molar-refractivity contribution in [2.24, 2.45) is 0 Å². The van der Waals surface area contributed by atoms with E-state index < -0.39 is 0 Å². The zero-order valence-electron chi connectivity index (χ0n) is 13.2. The molecule has 3 rings (SSSR count). The molecule has 0 bridgehead atoms. The molecule has 2 aromatic rings. The Balaban J connectivity index is 1.78. The Labute approximate surface area is 149 Å². The van der Waals surface area contributed by atoms with Crippen molar-refractivity contribution in [1.82, 2.24) is 10.2 Å². The van der Waals surface area contributed by atoms with Gasteiger partial charge >= 0.3 is 0 Å². The van der Waals surface area contributed by atoms with E-state index in [0.29, 0.717) is 34.2 Å². The van der Waals surface area contributed by atoms with Crippen molar-refractivity contribution in [3.05, 3.63) is 51.2 Å². The van der Waals surface area contributed by atoms with Crippen LogP contribution in [0, 0.1) is 0 Å². The van der Waals surface area contributed by atoms with Gasteiger partial charge in [0.2, 0.25) is 0 Å². The number of thiophene rings is 1. The number of nitrogens with one attached hydrogen (secondary N) is 2. The number of benzene rings is 1. The topological polar surface area (TPSA) is 61.4 Å². The quantitative estimate of drug-likeness (QED) is 0.880. The number of carbonyl (C=O) groups excluding carboxylic acids is 2. The lowest BCUT2D eigenvalue weighted by Gasteiger charge is -2.32. The molecule has 1 aromatic heterocycles. The minimum atomic E-state index is -0.229. The molecule has 1 saturated heterocycles. The van der Waals surface area contributed by atoms with E-state index in [-0.39, 0.29) is 17.9 Å². The average Bonchev–Trinajstić information content (AvgIpc) is 3.11. The highest BCUT2D eigenvalue weighted by Crippen LogP contribution is 2.25. The minimum absolute atomic E-state index is 0.0494. The second-order valence-corrected chi connectivity index (χ2v) is 7.09. The summed E-state index contributed by atoms with van der Waals surface area (Å²) in [5.74, 6) is -0.279. The van der Waals surface area contributed by atoms with Gasteiger partial charge in [-0.1, -0.05) is 17.7 Å². The van der Waals surface area contributed by atoms with Gasteiger partial charge in [0, 0.05) is 31.2 Å². The predicted molar refractivity (Wildman–Crippen MR) is 97.1 cm³/mol. The van der Waals surface area contributed by atoms with E-state index in [1.165, 1.54) is 11.3 Å². The maximum atomic E-state index is 12.7. The Hall–Kier alpha value is -1.89. The van der Waals surface area contributed by atoms with Crippen LogP contribution in [0.25, 0.3) is 0 Å². The number of nitrogens with zero attached hydrogens (tertiary/aromatic N) is 1. The highest BCUT2D eigenvalue weighted by molar-refractivity contribution is 7.12. The van der Waals surface area contributed by atoms with Gasteiger partial charge in [0.25, 0.3) is 11.8 Å². The number of amides is 2. The number of anilines is 1. The average molecular weight is 364 g/mol. The molecule has 0 saturated carbocycles. The molecule has 1 atom stereocenters. The van der Waals surface area contributed by atoms with E-state index in [2.05, 4.69) is 10.6 Å². The van der Waals surface area contributed by atoms with E-state index in [9.17, 15) is 9.59 Å². The molecule has 0 radical (unpaired) electrons. The SMILES string of the molecule is CC1CN(C(=O)c2ccc(Cl)c(NC(=O)c3cccs3)c2)CCN1. The van der Waals surface area contributed by atoms with Crippen molar-refractivity contribution >= 4 is 40.4 Å². The molecule has 0 spiro atoms. The number of rotatable bonds is 3. The first-order valence-corrected chi connectivity index (χ1v) is 8.97. The first-order chi connectivity index (χ1) is 11.5. The molecule has 1 aliphatic rings. The summed E-state index contributed by atoms with van der Waals surface area (Å²) in [6.07, 6.45) is 0. The summed E-state index contributed by atoms with van der Waals surface area (Å²) in [5.41, 5.74) is 0.971. The Morgan fingerprint density at radius 1 is 1.38 bits per heavy atom. The fraction of sp³-hybridized carbons (Fsp3) is 0.294. The van der Waals surface area contributed by atoms with Crippen LogP contribution in [0.15, 0.2) is 35.7 Å². The van der Waals surface area contributed by atoms with Crippen molar-refractivity contribution in [1.29, 1.82) is 0 Å². The smallest absolute Gasteiger partial charge is 0.265 e. The zero-order chi connectivity index (χ0) is 17.1. The molecule has 126 valence electrons. The van der Waals surface area contributed by atoms with Crippen molar-refractivity contribution in [3.63, 3.8) is 0 Å². The van der Waals surface area contributed by atoms with E-state index in [1.54, 1.807) is 24.3 Å². The Bertz CT molecular complexity index is 748. The lowest BCUT2D eigenvalue weighted by molar-refractivity contribution is 0.0709.